The third-order valence-electron chi connectivity index (χ3n) is 2.67. The fourth-order valence-corrected chi connectivity index (χ4v) is 3.47. The maximum absolute atomic E-state index is 12.2. The lowest BCUT2D eigenvalue weighted by Gasteiger charge is -2.09. The van der Waals surface area contributed by atoms with Crippen LogP contribution in [0.25, 0.3) is 0 Å². The third-order valence-corrected chi connectivity index (χ3v) is 4.64. The fourth-order valence-electron chi connectivity index (χ4n) is 1.86. The molecule has 16 heavy (non-hydrogen) atoms. The zero-order chi connectivity index (χ0) is 11.8. The first-order valence-corrected chi connectivity index (χ1v) is 6.81. The molecule has 1 aliphatic rings. The number of aromatic nitrogens is 2. The summed E-state index contributed by atoms with van der Waals surface area (Å²) in [7, 11) is -3.37. The summed E-state index contributed by atoms with van der Waals surface area (Å²) in [4.78, 5) is 8.05. The Balaban J connectivity index is 2.42. The monoisotopic (exact) mass is 241 g/mol. The van der Waals surface area contributed by atoms with Crippen molar-refractivity contribution in [3.05, 3.63) is 17.5 Å². The van der Waals surface area contributed by atoms with Crippen molar-refractivity contribution in [2.45, 2.75) is 30.7 Å². The topological polar surface area (TPSA) is 72.0 Å². The second-order valence-electron chi connectivity index (χ2n) is 4.09. The summed E-state index contributed by atoms with van der Waals surface area (Å²) in [5.74, 6) is 0. The molecule has 0 saturated carbocycles. The van der Waals surface area contributed by atoms with Gasteiger partial charge in [-0.1, -0.05) is 0 Å². The highest BCUT2D eigenvalue weighted by atomic mass is 32.2. The van der Waals surface area contributed by atoms with Crippen LogP contribution in [0.1, 0.15) is 17.8 Å². The van der Waals surface area contributed by atoms with Crippen LogP contribution in [0.2, 0.25) is 0 Å². The van der Waals surface area contributed by atoms with E-state index in [1.807, 2.05) is 0 Å². The number of nitrogens with one attached hydrogen (secondary N) is 1. The molecule has 1 aliphatic heterocycles. The normalized spacial score (nSPS) is 21.2. The molecule has 0 bridgehead atoms. The van der Waals surface area contributed by atoms with Crippen molar-refractivity contribution in [3.8, 4) is 0 Å². The molecule has 0 unspecified atom stereocenters. The number of nitrogens with zero attached hydrogens (tertiary/aromatic N) is 2. The summed E-state index contributed by atoms with van der Waals surface area (Å²) in [6.45, 7) is 4.80. The zero-order valence-corrected chi connectivity index (χ0v) is 10.2. The molecule has 0 amide bonds. The second-order valence-corrected chi connectivity index (χ2v) is 6.21. The fraction of sp³-hybridized carbons (Fsp3) is 0.600. The van der Waals surface area contributed by atoms with E-state index in [9.17, 15) is 8.42 Å². The molecule has 1 atom stereocenters. The van der Waals surface area contributed by atoms with Gasteiger partial charge in [0.25, 0.3) is 0 Å². The standard InChI is InChI=1S/C10H15N3O2S/c1-7-5-8(2)13-10(12-7)16(14,15)9-3-4-11-6-9/h5,9,11H,3-4,6H2,1-2H3/t9-/m0/s1. The van der Waals surface area contributed by atoms with E-state index < -0.39 is 9.84 Å². The lowest BCUT2D eigenvalue weighted by molar-refractivity contribution is 0.572. The van der Waals surface area contributed by atoms with Crippen molar-refractivity contribution in [1.29, 1.82) is 0 Å². The van der Waals surface area contributed by atoms with Gasteiger partial charge in [-0.2, -0.15) is 0 Å². The largest absolute Gasteiger partial charge is 0.315 e. The average molecular weight is 241 g/mol. The minimum atomic E-state index is -3.37. The van der Waals surface area contributed by atoms with E-state index in [0.29, 0.717) is 24.4 Å². The van der Waals surface area contributed by atoms with Gasteiger partial charge in [-0.05, 0) is 32.9 Å². The molecule has 1 fully saturated rings. The van der Waals surface area contributed by atoms with Gasteiger partial charge in [-0.15, -0.1) is 0 Å². The van der Waals surface area contributed by atoms with Gasteiger partial charge >= 0.3 is 0 Å². The smallest absolute Gasteiger partial charge is 0.247 e. The van der Waals surface area contributed by atoms with Crippen LogP contribution in [-0.4, -0.2) is 36.7 Å². The summed E-state index contributed by atoms with van der Waals surface area (Å²) < 4.78 is 24.3. The number of rotatable bonds is 2. The number of hydrogen-bond donors (Lipinski definition) is 1. The molecule has 0 radical (unpaired) electrons. The second kappa shape index (κ2) is 4.10. The van der Waals surface area contributed by atoms with Crippen LogP contribution in [0, 0.1) is 13.8 Å². The van der Waals surface area contributed by atoms with E-state index in [2.05, 4.69) is 15.3 Å². The predicted molar refractivity (Wildman–Crippen MR) is 60.0 cm³/mol. The molecule has 2 rings (SSSR count). The van der Waals surface area contributed by atoms with Crippen LogP contribution in [0.3, 0.4) is 0 Å². The van der Waals surface area contributed by atoms with Gasteiger partial charge in [0.1, 0.15) is 0 Å². The van der Waals surface area contributed by atoms with E-state index in [0.717, 1.165) is 6.54 Å². The van der Waals surface area contributed by atoms with Crippen LogP contribution in [0.15, 0.2) is 11.2 Å². The lowest BCUT2D eigenvalue weighted by Crippen LogP contribution is -2.26. The molecule has 1 N–H and O–H groups in total. The molecule has 6 heteroatoms. The summed E-state index contributed by atoms with van der Waals surface area (Å²) in [6, 6.07) is 1.77. The van der Waals surface area contributed by atoms with Crippen LogP contribution >= 0.6 is 0 Å². The first-order chi connectivity index (χ1) is 7.50. The minimum Gasteiger partial charge on any atom is -0.315 e. The molecule has 0 aliphatic carbocycles. The van der Waals surface area contributed by atoms with Gasteiger partial charge < -0.3 is 5.32 Å². The van der Waals surface area contributed by atoms with Gasteiger partial charge in [0.15, 0.2) is 0 Å². The summed E-state index contributed by atoms with van der Waals surface area (Å²) in [5.41, 5.74) is 1.38. The van der Waals surface area contributed by atoms with Crippen LogP contribution in [0.4, 0.5) is 0 Å². The Morgan fingerprint density at radius 1 is 1.31 bits per heavy atom. The van der Waals surface area contributed by atoms with Crippen molar-refractivity contribution in [1.82, 2.24) is 15.3 Å². The van der Waals surface area contributed by atoms with Crippen molar-refractivity contribution < 1.29 is 8.42 Å². The highest BCUT2D eigenvalue weighted by Gasteiger charge is 2.32. The van der Waals surface area contributed by atoms with E-state index in [-0.39, 0.29) is 10.4 Å². The maximum atomic E-state index is 12.2. The highest BCUT2D eigenvalue weighted by Crippen LogP contribution is 2.17. The average Bonchev–Trinajstić information content (AvgIpc) is 2.69. The van der Waals surface area contributed by atoms with Crippen molar-refractivity contribution >= 4 is 9.84 Å². The van der Waals surface area contributed by atoms with Crippen molar-refractivity contribution in [2.24, 2.45) is 0 Å². The van der Waals surface area contributed by atoms with Crippen LogP contribution in [0.5, 0.6) is 0 Å². The Kier molecular flexibility index (Phi) is 2.94. The Bertz CT molecular complexity index is 473. The zero-order valence-electron chi connectivity index (χ0n) is 9.40. The van der Waals surface area contributed by atoms with Gasteiger partial charge in [-0.3, -0.25) is 0 Å². The molecule has 0 aromatic carbocycles. The molecule has 2 heterocycles. The van der Waals surface area contributed by atoms with E-state index in [1.165, 1.54) is 0 Å². The van der Waals surface area contributed by atoms with E-state index in [1.54, 1.807) is 19.9 Å². The van der Waals surface area contributed by atoms with E-state index in [4.69, 9.17) is 0 Å². The Morgan fingerprint density at radius 2 is 1.94 bits per heavy atom. The Morgan fingerprint density at radius 3 is 2.44 bits per heavy atom. The lowest BCUT2D eigenvalue weighted by atomic mass is 10.4. The quantitative estimate of drug-likeness (QED) is 0.750. The maximum Gasteiger partial charge on any atom is 0.247 e. The molecular weight excluding hydrogens is 226 g/mol. The first-order valence-electron chi connectivity index (χ1n) is 5.27. The predicted octanol–water partition coefficient (Wildman–Crippen LogP) is 0.229. The molecule has 5 nitrogen and oxygen atoms in total. The molecule has 88 valence electrons. The third kappa shape index (κ3) is 2.08. The van der Waals surface area contributed by atoms with Crippen LogP contribution in [-0.2, 0) is 9.84 Å². The van der Waals surface area contributed by atoms with E-state index >= 15 is 0 Å². The summed E-state index contributed by atoms with van der Waals surface area (Å²) >= 11 is 0. The summed E-state index contributed by atoms with van der Waals surface area (Å²) in [6.07, 6.45) is 0.638. The molecule has 0 spiro atoms. The van der Waals surface area contributed by atoms with Gasteiger partial charge in [-0.25, -0.2) is 18.4 Å². The number of hydrogen-bond acceptors (Lipinski definition) is 5. The van der Waals surface area contributed by atoms with Crippen molar-refractivity contribution in [2.75, 3.05) is 13.1 Å². The minimum absolute atomic E-state index is 0.0290. The van der Waals surface area contributed by atoms with Gasteiger partial charge in [0.05, 0.1) is 5.25 Å². The highest BCUT2D eigenvalue weighted by molar-refractivity contribution is 7.91. The SMILES string of the molecule is Cc1cc(C)nc(S(=O)(=O)[C@H]2CCNC2)n1. The molecule has 1 saturated heterocycles. The Labute approximate surface area is 95.2 Å². The number of sulfone groups is 1. The van der Waals surface area contributed by atoms with Gasteiger partial charge in [0.2, 0.25) is 15.0 Å². The van der Waals surface area contributed by atoms with Gasteiger partial charge in [0, 0.05) is 17.9 Å². The molecular formula is C10H15N3O2S. The van der Waals surface area contributed by atoms with Crippen molar-refractivity contribution in [3.63, 3.8) is 0 Å². The summed E-state index contributed by atoms with van der Waals surface area (Å²) in [5, 5.41) is 2.63. The Hall–Kier alpha value is -1.01. The number of aryl methyl sites for hydroxylation is 2. The first kappa shape index (κ1) is 11.5. The van der Waals surface area contributed by atoms with Crippen LogP contribution < -0.4 is 5.32 Å². The molecule has 1 aromatic heterocycles. The molecule has 1 aromatic rings.